The van der Waals surface area contributed by atoms with Gasteiger partial charge in [-0.05, 0) is 37.1 Å². The summed E-state index contributed by atoms with van der Waals surface area (Å²) in [6.45, 7) is 4.35. The minimum Gasteiger partial charge on any atom is -0.378 e. The fourth-order valence-corrected chi connectivity index (χ4v) is 2.44. The monoisotopic (exact) mass is 209 g/mol. The highest BCUT2D eigenvalue weighted by Crippen LogP contribution is 2.40. The minimum absolute atomic E-state index is 0.395. The molecule has 1 heteroatoms. The van der Waals surface area contributed by atoms with E-state index >= 15 is 0 Å². The fraction of sp³-hybridized carbons (Fsp3) is 0.200. The number of hydrogen-bond donors (Lipinski definition) is 1. The number of benzene rings is 2. The number of anilines is 1. The standard InChI is InChI=1S/C15H15N/c1-10-7-8-15-14(9-10)13-6-4-3-5-12(13)11(2)16-15/h3-9,11,16H,1-2H3/t11-/m1/s1. The lowest BCUT2D eigenvalue weighted by atomic mass is 9.90. The van der Waals surface area contributed by atoms with E-state index in [1.807, 2.05) is 0 Å². The second kappa shape index (κ2) is 3.38. The van der Waals surface area contributed by atoms with Gasteiger partial charge in [0.05, 0.1) is 0 Å². The number of fused-ring (bicyclic) bond motifs is 3. The van der Waals surface area contributed by atoms with Crippen LogP contribution in [0.15, 0.2) is 42.5 Å². The summed E-state index contributed by atoms with van der Waals surface area (Å²) in [5.41, 5.74) is 6.64. The summed E-state index contributed by atoms with van der Waals surface area (Å²) in [7, 11) is 0. The Hall–Kier alpha value is -1.76. The van der Waals surface area contributed by atoms with Crippen LogP contribution in [-0.4, -0.2) is 0 Å². The van der Waals surface area contributed by atoms with Crippen molar-refractivity contribution < 1.29 is 0 Å². The van der Waals surface area contributed by atoms with Crippen LogP contribution in [0.4, 0.5) is 5.69 Å². The van der Waals surface area contributed by atoms with Crippen LogP contribution in [0.1, 0.15) is 24.1 Å². The molecule has 2 aromatic rings. The Kier molecular flexibility index (Phi) is 2.00. The number of nitrogens with one attached hydrogen (secondary N) is 1. The summed E-state index contributed by atoms with van der Waals surface area (Å²) in [5, 5.41) is 3.54. The molecule has 0 unspecified atom stereocenters. The van der Waals surface area contributed by atoms with Crippen LogP contribution < -0.4 is 5.32 Å². The third-order valence-corrected chi connectivity index (χ3v) is 3.26. The smallest absolute Gasteiger partial charge is 0.0492 e. The van der Waals surface area contributed by atoms with Crippen LogP contribution in [0.2, 0.25) is 0 Å². The van der Waals surface area contributed by atoms with Gasteiger partial charge in [-0.1, -0.05) is 35.9 Å². The van der Waals surface area contributed by atoms with E-state index < -0.39 is 0 Å². The summed E-state index contributed by atoms with van der Waals surface area (Å²) in [6.07, 6.45) is 0. The van der Waals surface area contributed by atoms with Crippen molar-refractivity contribution in [3.05, 3.63) is 53.6 Å². The van der Waals surface area contributed by atoms with Crippen molar-refractivity contribution in [2.75, 3.05) is 5.32 Å². The lowest BCUT2D eigenvalue weighted by Crippen LogP contribution is -2.13. The van der Waals surface area contributed by atoms with Gasteiger partial charge in [-0.25, -0.2) is 0 Å². The summed E-state index contributed by atoms with van der Waals surface area (Å²) in [6, 6.07) is 15.6. The van der Waals surface area contributed by atoms with Crippen molar-refractivity contribution in [1.29, 1.82) is 0 Å². The topological polar surface area (TPSA) is 12.0 Å². The van der Waals surface area contributed by atoms with Gasteiger partial charge >= 0.3 is 0 Å². The van der Waals surface area contributed by atoms with Crippen molar-refractivity contribution in [3.63, 3.8) is 0 Å². The lowest BCUT2D eigenvalue weighted by Gasteiger charge is -2.27. The van der Waals surface area contributed by atoms with Crippen molar-refractivity contribution in [2.45, 2.75) is 19.9 Å². The van der Waals surface area contributed by atoms with Gasteiger partial charge in [0, 0.05) is 17.3 Å². The molecule has 0 radical (unpaired) electrons. The van der Waals surface area contributed by atoms with E-state index in [4.69, 9.17) is 0 Å². The molecule has 2 aromatic carbocycles. The molecule has 0 aromatic heterocycles. The van der Waals surface area contributed by atoms with Crippen LogP contribution in [0.5, 0.6) is 0 Å². The maximum Gasteiger partial charge on any atom is 0.0492 e. The van der Waals surface area contributed by atoms with E-state index in [2.05, 4.69) is 61.6 Å². The molecule has 16 heavy (non-hydrogen) atoms. The molecule has 1 atom stereocenters. The molecule has 1 aliphatic rings. The van der Waals surface area contributed by atoms with Crippen LogP contribution in [0, 0.1) is 6.92 Å². The van der Waals surface area contributed by atoms with Crippen molar-refractivity contribution >= 4 is 5.69 Å². The zero-order valence-corrected chi connectivity index (χ0v) is 9.62. The van der Waals surface area contributed by atoms with Crippen molar-refractivity contribution in [2.24, 2.45) is 0 Å². The highest BCUT2D eigenvalue weighted by molar-refractivity contribution is 5.84. The first-order valence-corrected chi connectivity index (χ1v) is 5.72. The summed E-state index contributed by atoms with van der Waals surface area (Å²) < 4.78 is 0. The Bertz CT molecular complexity index is 543. The second-order valence-corrected chi connectivity index (χ2v) is 4.50. The Morgan fingerprint density at radius 2 is 1.81 bits per heavy atom. The van der Waals surface area contributed by atoms with Crippen LogP contribution in [0.25, 0.3) is 11.1 Å². The number of aryl methyl sites for hydroxylation is 1. The zero-order chi connectivity index (χ0) is 11.1. The van der Waals surface area contributed by atoms with E-state index in [1.54, 1.807) is 0 Å². The molecular formula is C15H15N. The molecule has 0 bridgehead atoms. The van der Waals surface area contributed by atoms with E-state index in [-0.39, 0.29) is 0 Å². The van der Waals surface area contributed by atoms with Gasteiger partial charge in [0.25, 0.3) is 0 Å². The predicted molar refractivity (Wildman–Crippen MR) is 68.7 cm³/mol. The maximum atomic E-state index is 3.54. The van der Waals surface area contributed by atoms with Crippen LogP contribution in [0.3, 0.4) is 0 Å². The second-order valence-electron chi connectivity index (χ2n) is 4.50. The SMILES string of the molecule is Cc1ccc2c(c1)-c1ccccc1[C@@H](C)N2. The predicted octanol–water partition coefficient (Wildman–Crippen LogP) is 4.15. The van der Waals surface area contributed by atoms with Gasteiger partial charge in [0.2, 0.25) is 0 Å². The molecule has 1 N–H and O–H groups in total. The first-order chi connectivity index (χ1) is 7.75. The van der Waals surface area contributed by atoms with Crippen molar-refractivity contribution in [1.82, 2.24) is 0 Å². The maximum absolute atomic E-state index is 3.54. The molecule has 80 valence electrons. The van der Waals surface area contributed by atoms with E-state index in [1.165, 1.54) is 27.9 Å². The average Bonchev–Trinajstić information content (AvgIpc) is 2.31. The van der Waals surface area contributed by atoms with E-state index in [0.29, 0.717) is 6.04 Å². The molecular weight excluding hydrogens is 194 g/mol. The summed E-state index contributed by atoms with van der Waals surface area (Å²) in [5.74, 6) is 0. The molecule has 1 aliphatic heterocycles. The normalized spacial score (nSPS) is 17.2. The fourth-order valence-electron chi connectivity index (χ4n) is 2.44. The number of hydrogen-bond acceptors (Lipinski definition) is 1. The van der Waals surface area contributed by atoms with Crippen LogP contribution >= 0.6 is 0 Å². The quantitative estimate of drug-likeness (QED) is 0.687. The molecule has 1 heterocycles. The third-order valence-electron chi connectivity index (χ3n) is 3.26. The molecule has 3 rings (SSSR count). The highest BCUT2D eigenvalue weighted by atomic mass is 14.9. The molecule has 1 nitrogen and oxygen atoms in total. The Balaban J connectivity index is 2.29. The Morgan fingerprint density at radius 1 is 1.00 bits per heavy atom. The van der Waals surface area contributed by atoms with Gasteiger partial charge in [0.15, 0.2) is 0 Å². The highest BCUT2D eigenvalue weighted by Gasteiger charge is 2.19. The lowest BCUT2D eigenvalue weighted by molar-refractivity contribution is 0.876. The first kappa shape index (κ1) is 9.46. The van der Waals surface area contributed by atoms with E-state index in [0.717, 1.165) is 0 Å². The molecule has 0 spiro atoms. The van der Waals surface area contributed by atoms with Gasteiger partial charge in [0.1, 0.15) is 0 Å². The van der Waals surface area contributed by atoms with Crippen LogP contribution in [-0.2, 0) is 0 Å². The number of rotatable bonds is 0. The molecule has 0 fully saturated rings. The third kappa shape index (κ3) is 1.32. The van der Waals surface area contributed by atoms with Gasteiger partial charge in [-0.2, -0.15) is 0 Å². The van der Waals surface area contributed by atoms with Gasteiger partial charge < -0.3 is 5.32 Å². The average molecular weight is 209 g/mol. The molecule has 0 amide bonds. The summed E-state index contributed by atoms with van der Waals surface area (Å²) >= 11 is 0. The first-order valence-electron chi connectivity index (χ1n) is 5.72. The molecule has 0 saturated carbocycles. The Labute approximate surface area is 96.1 Å². The Morgan fingerprint density at radius 3 is 2.69 bits per heavy atom. The minimum atomic E-state index is 0.395. The molecule has 0 saturated heterocycles. The zero-order valence-electron chi connectivity index (χ0n) is 9.62. The van der Waals surface area contributed by atoms with Crippen molar-refractivity contribution in [3.8, 4) is 11.1 Å². The largest absolute Gasteiger partial charge is 0.378 e. The van der Waals surface area contributed by atoms with Gasteiger partial charge in [-0.15, -0.1) is 0 Å². The van der Waals surface area contributed by atoms with Gasteiger partial charge in [-0.3, -0.25) is 0 Å². The summed E-state index contributed by atoms with van der Waals surface area (Å²) in [4.78, 5) is 0. The van der Waals surface area contributed by atoms with E-state index in [9.17, 15) is 0 Å². The molecule has 0 aliphatic carbocycles.